The zero-order valence-corrected chi connectivity index (χ0v) is 13.4. The van der Waals surface area contributed by atoms with Gasteiger partial charge in [-0.15, -0.1) is 0 Å². The molecule has 0 saturated carbocycles. The lowest BCUT2D eigenvalue weighted by Crippen LogP contribution is -2.53. The zero-order valence-electron chi connectivity index (χ0n) is 13.4. The van der Waals surface area contributed by atoms with Gasteiger partial charge in [-0.25, -0.2) is 0 Å². The van der Waals surface area contributed by atoms with E-state index in [-0.39, 0.29) is 11.6 Å². The van der Waals surface area contributed by atoms with E-state index in [1.807, 2.05) is 0 Å². The molecule has 1 atom stereocenters. The number of rotatable bonds is 3. The molecule has 2 aromatic rings. The van der Waals surface area contributed by atoms with E-state index in [9.17, 15) is 0 Å². The van der Waals surface area contributed by atoms with Gasteiger partial charge >= 0.3 is 0 Å². The van der Waals surface area contributed by atoms with Crippen LogP contribution in [0.15, 0.2) is 60.7 Å². The summed E-state index contributed by atoms with van der Waals surface area (Å²) in [4.78, 5) is 2.56. The molecule has 4 rings (SSSR count). The Labute approximate surface area is 137 Å². The number of morpholine rings is 1. The lowest BCUT2D eigenvalue weighted by atomic mass is 9.93. The molecular weight excluding hydrogens is 286 g/mol. The van der Waals surface area contributed by atoms with Crippen LogP contribution in [-0.4, -0.2) is 43.4 Å². The topological polar surface area (TPSA) is 21.7 Å². The van der Waals surface area contributed by atoms with Gasteiger partial charge in [0.25, 0.3) is 0 Å². The SMILES string of the molecule is c1ccc(C(c2ccccc2)N2CCO[C@]3(CCOC3)C2)cc1. The van der Waals surface area contributed by atoms with Gasteiger partial charge in [0.2, 0.25) is 0 Å². The molecule has 2 fully saturated rings. The minimum atomic E-state index is -0.111. The van der Waals surface area contributed by atoms with Crippen LogP contribution in [0, 0.1) is 0 Å². The maximum atomic E-state index is 6.11. The molecule has 0 amide bonds. The van der Waals surface area contributed by atoms with Gasteiger partial charge in [-0.2, -0.15) is 0 Å². The number of hydrogen-bond donors (Lipinski definition) is 0. The lowest BCUT2D eigenvalue weighted by molar-refractivity contribution is -0.115. The van der Waals surface area contributed by atoms with Gasteiger partial charge in [-0.05, 0) is 11.1 Å². The van der Waals surface area contributed by atoms with Crippen LogP contribution in [0.1, 0.15) is 23.6 Å². The molecule has 0 bridgehead atoms. The van der Waals surface area contributed by atoms with E-state index in [1.54, 1.807) is 0 Å². The van der Waals surface area contributed by atoms with Crippen LogP contribution in [0.5, 0.6) is 0 Å². The molecule has 23 heavy (non-hydrogen) atoms. The number of ether oxygens (including phenoxy) is 2. The standard InChI is InChI=1S/C20H23NO2/c1-3-7-17(8-4-1)19(18-9-5-2-6-10-18)21-12-14-23-20(15-21)11-13-22-16-20/h1-10,19H,11-16H2/t20-/m1/s1. The molecule has 0 radical (unpaired) electrons. The summed E-state index contributed by atoms with van der Waals surface area (Å²) in [6.45, 7) is 4.20. The van der Waals surface area contributed by atoms with Crippen molar-refractivity contribution < 1.29 is 9.47 Å². The van der Waals surface area contributed by atoms with E-state index in [2.05, 4.69) is 65.6 Å². The van der Waals surface area contributed by atoms with Gasteiger partial charge < -0.3 is 9.47 Å². The van der Waals surface area contributed by atoms with Crippen molar-refractivity contribution in [2.45, 2.75) is 18.1 Å². The molecular formula is C20H23NO2. The highest BCUT2D eigenvalue weighted by Crippen LogP contribution is 2.35. The van der Waals surface area contributed by atoms with Crippen LogP contribution >= 0.6 is 0 Å². The monoisotopic (exact) mass is 309 g/mol. The van der Waals surface area contributed by atoms with E-state index in [1.165, 1.54) is 11.1 Å². The molecule has 2 aromatic carbocycles. The third-order valence-corrected chi connectivity index (χ3v) is 4.94. The molecule has 1 spiro atoms. The summed E-state index contributed by atoms with van der Waals surface area (Å²) in [6, 6.07) is 21.8. The maximum absolute atomic E-state index is 6.11. The minimum absolute atomic E-state index is 0.111. The van der Waals surface area contributed by atoms with E-state index in [0.29, 0.717) is 0 Å². The second-order valence-electron chi connectivity index (χ2n) is 6.53. The highest BCUT2D eigenvalue weighted by atomic mass is 16.6. The molecule has 2 aliphatic rings. The third-order valence-electron chi connectivity index (χ3n) is 4.94. The first-order valence-corrected chi connectivity index (χ1v) is 8.42. The van der Waals surface area contributed by atoms with Gasteiger partial charge in [0.1, 0.15) is 5.60 Å². The van der Waals surface area contributed by atoms with Gasteiger partial charge in [0.15, 0.2) is 0 Å². The van der Waals surface area contributed by atoms with Crippen molar-refractivity contribution in [3.05, 3.63) is 71.8 Å². The second kappa shape index (κ2) is 6.44. The molecule has 0 N–H and O–H groups in total. The van der Waals surface area contributed by atoms with Crippen LogP contribution in [0.4, 0.5) is 0 Å². The maximum Gasteiger partial charge on any atom is 0.106 e. The van der Waals surface area contributed by atoms with E-state index < -0.39 is 0 Å². The molecule has 2 saturated heterocycles. The fourth-order valence-electron chi connectivity index (χ4n) is 3.81. The van der Waals surface area contributed by atoms with Crippen molar-refractivity contribution in [1.82, 2.24) is 4.90 Å². The summed E-state index contributed by atoms with van der Waals surface area (Å²) in [5, 5.41) is 0. The average molecular weight is 309 g/mol. The van der Waals surface area contributed by atoms with Gasteiger partial charge in [-0.3, -0.25) is 4.90 Å². The molecule has 3 nitrogen and oxygen atoms in total. The van der Waals surface area contributed by atoms with Crippen LogP contribution in [0.3, 0.4) is 0 Å². The predicted octanol–water partition coefficient (Wildman–Crippen LogP) is 3.27. The minimum Gasteiger partial charge on any atom is -0.378 e. The molecule has 0 aliphatic carbocycles. The van der Waals surface area contributed by atoms with E-state index in [0.717, 1.165) is 39.3 Å². The number of hydrogen-bond acceptors (Lipinski definition) is 3. The van der Waals surface area contributed by atoms with Gasteiger partial charge in [0, 0.05) is 26.1 Å². The Morgan fingerprint density at radius 1 is 0.870 bits per heavy atom. The average Bonchev–Trinajstić information content (AvgIpc) is 3.05. The Morgan fingerprint density at radius 2 is 1.52 bits per heavy atom. The third kappa shape index (κ3) is 3.05. The molecule has 0 unspecified atom stereocenters. The summed E-state index contributed by atoms with van der Waals surface area (Å²) >= 11 is 0. The van der Waals surface area contributed by atoms with Crippen LogP contribution in [0.25, 0.3) is 0 Å². The Bertz CT molecular complexity index is 583. The van der Waals surface area contributed by atoms with Gasteiger partial charge in [-0.1, -0.05) is 60.7 Å². The quantitative estimate of drug-likeness (QED) is 0.868. The fraction of sp³-hybridized carbons (Fsp3) is 0.400. The van der Waals surface area contributed by atoms with Crippen molar-refractivity contribution >= 4 is 0 Å². The summed E-state index contributed by atoms with van der Waals surface area (Å²) < 4.78 is 11.7. The highest BCUT2D eigenvalue weighted by molar-refractivity contribution is 5.32. The van der Waals surface area contributed by atoms with Crippen LogP contribution in [0.2, 0.25) is 0 Å². The van der Waals surface area contributed by atoms with Crippen LogP contribution in [-0.2, 0) is 9.47 Å². The Kier molecular flexibility index (Phi) is 4.17. The summed E-state index contributed by atoms with van der Waals surface area (Å²) in [5.74, 6) is 0. The second-order valence-corrected chi connectivity index (χ2v) is 6.53. The Morgan fingerprint density at radius 3 is 2.09 bits per heavy atom. The first kappa shape index (κ1) is 14.9. The molecule has 3 heteroatoms. The molecule has 2 aliphatic heterocycles. The normalized spacial score (nSPS) is 25.3. The smallest absolute Gasteiger partial charge is 0.106 e. The predicted molar refractivity (Wildman–Crippen MR) is 90.4 cm³/mol. The van der Waals surface area contributed by atoms with E-state index in [4.69, 9.17) is 9.47 Å². The largest absolute Gasteiger partial charge is 0.378 e. The number of benzene rings is 2. The Balaban J connectivity index is 1.68. The fourth-order valence-corrected chi connectivity index (χ4v) is 3.81. The lowest BCUT2D eigenvalue weighted by Gasteiger charge is -2.43. The summed E-state index contributed by atoms with van der Waals surface area (Å²) in [5.41, 5.74) is 2.57. The van der Waals surface area contributed by atoms with Gasteiger partial charge in [0.05, 0.1) is 19.3 Å². The van der Waals surface area contributed by atoms with Crippen molar-refractivity contribution in [2.75, 3.05) is 32.9 Å². The summed E-state index contributed by atoms with van der Waals surface area (Å²) in [7, 11) is 0. The van der Waals surface area contributed by atoms with Crippen molar-refractivity contribution in [3.8, 4) is 0 Å². The van der Waals surface area contributed by atoms with Crippen molar-refractivity contribution in [1.29, 1.82) is 0 Å². The summed E-state index contributed by atoms with van der Waals surface area (Å²) in [6.07, 6.45) is 1.000. The number of nitrogens with zero attached hydrogens (tertiary/aromatic N) is 1. The zero-order chi connectivity index (χ0) is 15.5. The first-order chi connectivity index (χ1) is 11.4. The molecule has 0 aromatic heterocycles. The Hall–Kier alpha value is -1.68. The highest BCUT2D eigenvalue weighted by Gasteiger charge is 2.42. The molecule has 120 valence electrons. The van der Waals surface area contributed by atoms with Crippen LogP contribution < -0.4 is 0 Å². The molecule has 2 heterocycles. The van der Waals surface area contributed by atoms with Crippen molar-refractivity contribution in [3.63, 3.8) is 0 Å². The van der Waals surface area contributed by atoms with Crippen molar-refractivity contribution in [2.24, 2.45) is 0 Å². The van der Waals surface area contributed by atoms with E-state index >= 15 is 0 Å². The first-order valence-electron chi connectivity index (χ1n) is 8.42.